The predicted molar refractivity (Wildman–Crippen MR) is 108 cm³/mol. The molecule has 2 amide bonds. The van der Waals surface area contributed by atoms with Crippen LogP contribution in [0.4, 0.5) is 5.82 Å². The molecule has 1 aromatic heterocycles. The number of nitrogens with zero attached hydrogens (tertiary/aromatic N) is 2. The molecular formula is C19H24N4O4S. The topological polar surface area (TPSA) is 102 Å². The molecular weight excluding hydrogens is 380 g/mol. The van der Waals surface area contributed by atoms with E-state index in [1.807, 2.05) is 18.2 Å². The van der Waals surface area contributed by atoms with E-state index in [4.69, 9.17) is 9.47 Å². The van der Waals surface area contributed by atoms with Crippen LogP contribution in [-0.2, 0) is 16.0 Å². The third-order valence-corrected chi connectivity index (χ3v) is 4.68. The number of benzene rings is 1. The zero-order valence-electron chi connectivity index (χ0n) is 16.2. The number of methoxy groups -OCH3 is 2. The molecule has 0 aliphatic rings. The Labute approximate surface area is 168 Å². The standard InChI is InChI=1S/C19H24N4O4S/c1-4-17(24)21-16-7-8-19(23-22-16)28-12-18(25)20-10-9-13-5-6-14(26-2)15(11-13)27-3/h5-8,11H,4,9-10,12H2,1-3H3,(H,20,25)(H,21,22,24). The predicted octanol–water partition coefficient (Wildman–Crippen LogP) is 2.29. The number of anilines is 1. The number of aromatic nitrogens is 2. The van der Waals surface area contributed by atoms with Gasteiger partial charge >= 0.3 is 0 Å². The summed E-state index contributed by atoms with van der Waals surface area (Å²) in [7, 11) is 3.18. The molecule has 28 heavy (non-hydrogen) atoms. The van der Waals surface area contributed by atoms with Crippen LogP contribution in [0.2, 0.25) is 0 Å². The average Bonchev–Trinajstić information content (AvgIpc) is 2.73. The maximum absolute atomic E-state index is 12.0. The minimum Gasteiger partial charge on any atom is -0.493 e. The molecule has 2 N–H and O–H groups in total. The Bertz CT molecular complexity index is 799. The SMILES string of the molecule is CCC(=O)Nc1ccc(SCC(=O)NCCc2ccc(OC)c(OC)c2)nn1. The largest absolute Gasteiger partial charge is 0.493 e. The Morgan fingerprint density at radius 3 is 2.46 bits per heavy atom. The lowest BCUT2D eigenvalue weighted by molar-refractivity contribution is -0.118. The minimum absolute atomic E-state index is 0.0874. The van der Waals surface area contributed by atoms with E-state index < -0.39 is 0 Å². The number of hydrogen-bond donors (Lipinski definition) is 2. The maximum atomic E-state index is 12.0. The van der Waals surface area contributed by atoms with E-state index in [1.54, 1.807) is 33.3 Å². The third kappa shape index (κ3) is 6.73. The molecule has 150 valence electrons. The summed E-state index contributed by atoms with van der Waals surface area (Å²) in [5, 5.41) is 14.0. The molecule has 8 nitrogen and oxygen atoms in total. The van der Waals surface area contributed by atoms with Gasteiger partial charge < -0.3 is 20.1 Å². The van der Waals surface area contributed by atoms with Crippen molar-refractivity contribution in [2.45, 2.75) is 24.8 Å². The molecule has 2 rings (SSSR count). The molecule has 0 atom stereocenters. The van der Waals surface area contributed by atoms with Gasteiger partial charge in [-0.2, -0.15) is 0 Å². The van der Waals surface area contributed by atoms with Gasteiger partial charge in [-0.15, -0.1) is 10.2 Å². The van der Waals surface area contributed by atoms with E-state index in [0.717, 1.165) is 5.56 Å². The van der Waals surface area contributed by atoms with Crippen LogP contribution in [0.15, 0.2) is 35.4 Å². The Kier molecular flexibility index (Phi) is 8.54. The van der Waals surface area contributed by atoms with Crippen LogP contribution >= 0.6 is 11.8 Å². The van der Waals surface area contributed by atoms with E-state index in [2.05, 4.69) is 20.8 Å². The van der Waals surface area contributed by atoms with Gasteiger partial charge in [0.1, 0.15) is 5.03 Å². The highest BCUT2D eigenvalue weighted by Gasteiger charge is 2.07. The number of nitrogens with one attached hydrogen (secondary N) is 2. The normalized spacial score (nSPS) is 10.2. The van der Waals surface area contributed by atoms with Crippen LogP contribution in [0.3, 0.4) is 0 Å². The summed E-state index contributed by atoms with van der Waals surface area (Å²) in [4.78, 5) is 23.3. The summed E-state index contributed by atoms with van der Waals surface area (Å²) in [5.74, 6) is 1.77. The Balaban J connectivity index is 1.73. The molecule has 0 fully saturated rings. The Morgan fingerprint density at radius 2 is 1.82 bits per heavy atom. The first kappa shape index (κ1) is 21.5. The molecule has 9 heteroatoms. The van der Waals surface area contributed by atoms with E-state index in [-0.39, 0.29) is 17.6 Å². The highest BCUT2D eigenvalue weighted by atomic mass is 32.2. The van der Waals surface area contributed by atoms with Gasteiger partial charge in [0.2, 0.25) is 11.8 Å². The lowest BCUT2D eigenvalue weighted by Gasteiger charge is -2.10. The smallest absolute Gasteiger partial charge is 0.230 e. The van der Waals surface area contributed by atoms with Crippen molar-refractivity contribution < 1.29 is 19.1 Å². The molecule has 0 saturated heterocycles. The number of ether oxygens (including phenoxy) is 2. The van der Waals surface area contributed by atoms with Gasteiger partial charge in [-0.1, -0.05) is 24.8 Å². The zero-order chi connectivity index (χ0) is 20.4. The Hall–Kier alpha value is -2.81. The fraction of sp³-hybridized carbons (Fsp3) is 0.368. The highest BCUT2D eigenvalue weighted by molar-refractivity contribution is 7.99. The second-order valence-corrected chi connectivity index (χ2v) is 6.73. The average molecular weight is 404 g/mol. The van der Waals surface area contributed by atoms with Crippen molar-refractivity contribution in [3.05, 3.63) is 35.9 Å². The maximum Gasteiger partial charge on any atom is 0.230 e. The van der Waals surface area contributed by atoms with Crippen molar-refractivity contribution >= 4 is 29.4 Å². The molecule has 0 saturated carbocycles. The molecule has 0 spiro atoms. The zero-order valence-corrected chi connectivity index (χ0v) is 17.0. The monoisotopic (exact) mass is 404 g/mol. The number of rotatable bonds is 10. The first-order chi connectivity index (χ1) is 13.5. The summed E-state index contributed by atoms with van der Waals surface area (Å²) in [6.45, 7) is 2.28. The van der Waals surface area contributed by atoms with Crippen molar-refractivity contribution in [1.82, 2.24) is 15.5 Å². The number of carbonyl (C=O) groups excluding carboxylic acids is 2. The van der Waals surface area contributed by atoms with Crippen molar-refractivity contribution in [3.63, 3.8) is 0 Å². The fourth-order valence-electron chi connectivity index (χ4n) is 2.27. The van der Waals surface area contributed by atoms with Gasteiger partial charge in [0.25, 0.3) is 0 Å². The highest BCUT2D eigenvalue weighted by Crippen LogP contribution is 2.27. The third-order valence-electron chi connectivity index (χ3n) is 3.76. The second kappa shape index (κ2) is 11.1. The number of thioether (sulfide) groups is 1. The molecule has 0 unspecified atom stereocenters. The van der Waals surface area contributed by atoms with E-state index in [9.17, 15) is 9.59 Å². The van der Waals surface area contributed by atoms with E-state index in [1.165, 1.54) is 11.8 Å². The lowest BCUT2D eigenvalue weighted by atomic mass is 10.1. The minimum atomic E-state index is -0.122. The summed E-state index contributed by atoms with van der Waals surface area (Å²) in [6.07, 6.45) is 1.06. The summed E-state index contributed by atoms with van der Waals surface area (Å²) >= 11 is 1.28. The van der Waals surface area contributed by atoms with Crippen LogP contribution in [0.1, 0.15) is 18.9 Å². The molecule has 0 bridgehead atoms. The van der Waals surface area contributed by atoms with Crippen LogP contribution in [-0.4, -0.2) is 48.5 Å². The summed E-state index contributed by atoms with van der Waals surface area (Å²) in [5.41, 5.74) is 1.04. The van der Waals surface area contributed by atoms with Gasteiger partial charge in [0.05, 0.1) is 20.0 Å². The summed E-state index contributed by atoms with van der Waals surface area (Å²) < 4.78 is 10.5. The van der Waals surface area contributed by atoms with Crippen LogP contribution < -0.4 is 20.1 Å². The number of amides is 2. The number of hydrogen-bond acceptors (Lipinski definition) is 7. The van der Waals surface area contributed by atoms with E-state index in [0.29, 0.717) is 41.7 Å². The molecule has 1 heterocycles. The summed E-state index contributed by atoms with van der Waals surface area (Å²) in [6, 6.07) is 9.07. The number of carbonyl (C=O) groups is 2. The van der Waals surface area contributed by atoms with Crippen molar-refractivity contribution in [2.75, 3.05) is 31.8 Å². The lowest BCUT2D eigenvalue weighted by Crippen LogP contribution is -2.27. The first-order valence-electron chi connectivity index (χ1n) is 8.79. The van der Waals surface area contributed by atoms with Gasteiger partial charge in [-0.05, 0) is 36.2 Å². The Morgan fingerprint density at radius 1 is 1.04 bits per heavy atom. The van der Waals surface area contributed by atoms with Crippen molar-refractivity contribution in [2.24, 2.45) is 0 Å². The molecule has 0 radical (unpaired) electrons. The molecule has 2 aromatic rings. The van der Waals surface area contributed by atoms with Gasteiger partial charge in [-0.25, -0.2) is 0 Å². The van der Waals surface area contributed by atoms with Gasteiger partial charge in [0, 0.05) is 13.0 Å². The fourth-order valence-corrected chi connectivity index (χ4v) is 2.91. The first-order valence-corrected chi connectivity index (χ1v) is 9.78. The molecule has 0 aliphatic heterocycles. The molecule has 1 aromatic carbocycles. The molecule has 0 aliphatic carbocycles. The van der Waals surface area contributed by atoms with Crippen molar-refractivity contribution in [3.8, 4) is 11.5 Å². The van der Waals surface area contributed by atoms with Gasteiger partial charge in [-0.3, -0.25) is 9.59 Å². The van der Waals surface area contributed by atoms with Crippen LogP contribution in [0.25, 0.3) is 0 Å². The second-order valence-electron chi connectivity index (χ2n) is 5.74. The van der Waals surface area contributed by atoms with Gasteiger partial charge in [0.15, 0.2) is 17.3 Å². The van der Waals surface area contributed by atoms with Crippen LogP contribution in [0.5, 0.6) is 11.5 Å². The van der Waals surface area contributed by atoms with E-state index >= 15 is 0 Å². The quantitative estimate of drug-likeness (QED) is 0.586. The van der Waals surface area contributed by atoms with Crippen LogP contribution in [0, 0.1) is 0 Å². The van der Waals surface area contributed by atoms with Crippen molar-refractivity contribution in [1.29, 1.82) is 0 Å².